The molecule has 2 rings (SSSR count). The molecule has 0 saturated carbocycles. The fourth-order valence-corrected chi connectivity index (χ4v) is 2.01. The maximum absolute atomic E-state index is 5.87. The van der Waals surface area contributed by atoms with Crippen molar-refractivity contribution >= 4 is 28.5 Å². The van der Waals surface area contributed by atoms with E-state index < -0.39 is 0 Å². The maximum atomic E-state index is 5.87. The third kappa shape index (κ3) is 2.66. The Labute approximate surface area is 105 Å². The molecule has 1 atom stereocenters. The van der Waals surface area contributed by atoms with Crippen LogP contribution in [0.25, 0.3) is 11.0 Å². The van der Waals surface area contributed by atoms with Crippen LogP contribution in [0.15, 0.2) is 6.20 Å². The summed E-state index contributed by atoms with van der Waals surface area (Å²) in [4.78, 5) is 8.30. The Morgan fingerprint density at radius 3 is 2.94 bits per heavy atom. The molecular formula is C11H16ClN5. The third-order valence-electron chi connectivity index (χ3n) is 2.75. The molecule has 0 bridgehead atoms. The highest BCUT2D eigenvalue weighted by Crippen LogP contribution is 2.21. The van der Waals surface area contributed by atoms with Gasteiger partial charge in [0.05, 0.1) is 11.6 Å². The number of anilines is 1. The maximum Gasteiger partial charge on any atom is 0.226 e. The molecule has 0 spiro atoms. The van der Waals surface area contributed by atoms with Crippen molar-refractivity contribution in [2.75, 3.05) is 5.32 Å². The molecule has 17 heavy (non-hydrogen) atoms. The summed E-state index contributed by atoms with van der Waals surface area (Å²) in [5.74, 6) is 0.758. The largest absolute Gasteiger partial charge is 0.367 e. The molecule has 0 amide bonds. The Hall–Kier alpha value is -1.36. The molecule has 2 heterocycles. The van der Waals surface area contributed by atoms with E-state index in [9.17, 15) is 0 Å². The lowest BCUT2D eigenvalue weighted by atomic mass is 10.1. The van der Waals surface area contributed by atoms with Crippen molar-refractivity contribution in [3.8, 4) is 0 Å². The summed E-state index contributed by atoms with van der Waals surface area (Å²) in [5, 5.41) is 11.3. The Balaban J connectivity index is 2.30. The minimum absolute atomic E-state index is 0.232. The minimum atomic E-state index is 0.232. The SMILES string of the molecule is CCCC(CC)Nc1nc(Cl)nc2[nH]ncc12. The van der Waals surface area contributed by atoms with Gasteiger partial charge in [0.25, 0.3) is 0 Å². The van der Waals surface area contributed by atoms with Crippen LogP contribution < -0.4 is 5.32 Å². The van der Waals surface area contributed by atoms with E-state index in [0.29, 0.717) is 11.7 Å². The first kappa shape index (κ1) is 12.1. The number of nitrogens with one attached hydrogen (secondary N) is 2. The van der Waals surface area contributed by atoms with Crippen molar-refractivity contribution in [3.05, 3.63) is 11.5 Å². The number of fused-ring (bicyclic) bond motifs is 1. The van der Waals surface area contributed by atoms with Crippen molar-refractivity contribution in [1.29, 1.82) is 0 Å². The van der Waals surface area contributed by atoms with Crippen LogP contribution in [-0.4, -0.2) is 26.2 Å². The van der Waals surface area contributed by atoms with E-state index in [4.69, 9.17) is 11.6 Å². The Morgan fingerprint density at radius 2 is 2.24 bits per heavy atom. The molecule has 0 radical (unpaired) electrons. The molecule has 0 saturated heterocycles. The number of hydrogen-bond donors (Lipinski definition) is 2. The fourth-order valence-electron chi connectivity index (χ4n) is 1.84. The van der Waals surface area contributed by atoms with Gasteiger partial charge in [-0.3, -0.25) is 5.10 Å². The molecule has 0 aliphatic heterocycles. The molecule has 6 heteroatoms. The van der Waals surface area contributed by atoms with E-state index in [1.807, 2.05) is 0 Å². The van der Waals surface area contributed by atoms with Gasteiger partial charge in [0.1, 0.15) is 5.82 Å². The Bertz CT molecular complexity index is 496. The summed E-state index contributed by atoms with van der Waals surface area (Å²) >= 11 is 5.87. The predicted octanol–water partition coefficient (Wildman–Crippen LogP) is 3.00. The van der Waals surface area contributed by atoms with Crippen LogP contribution in [-0.2, 0) is 0 Å². The topological polar surface area (TPSA) is 66.5 Å². The van der Waals surface area contributed by atoms with Gasteiger partial charge in [0, 0.05) is 6.04 Å². The molecule has 0 aliphatic rings. The molecule has 2 aromatic rings. The quantitative estimate of drug-likeness (QED) is 0.804. The zero-order chi connectivity index (χ0) is 12.3. The standard InChI is InChI=1S/C11H16ClN5/c1-3-5-7(4-2)14-9-8-6-13-17-10(8)16-11(12)15-9/h6-7H,3-5H2,1-2H3,(H2,13,14,15,16,17). The van der Waals surface area contributed by atoms with Gasteiger partial charge in [-0.05, 0) is 24.4 Å². The highest BCUT2D eigenvalue weighted by atomic mass is 35.5. The van der Waals surface area contributed by atoms with Crippen molar-refractivity contribution in [3.63, 3.8) is 0 Å². The van der Waals surface area contributed by atoms with E-state index in [2.05, 4.69) is 39.3 Å². The van der Waals surface area contributed by atoms with Crippen LogP contribution >= 0.6 is 11.6 Å². The second kappa shape index (κ2) is 5.31. The van der Waals surface area contributed by atoms with Crippen LogP contribution in [0.5, 0.6) is 0 Å². The molecule has 92 valence electrons. The van der Waals surface area contributed by atoms with E-state index in [0.717, 1.165) is 30.5 Å². The van der Waals surface area contributed by atoms with Gasteiger partial charge in [0.2, 0.25) is 5.28 Å². The van der Waals surface area contributed by atoms with E-state index in [1.165, 1.54) is 0 Å². The van der Waals surface area contributed by atoms with Crippen LogP contribution in [0.3, 0.4) is 0 Å². The fraction of sp³-hybridized carbons (Fsp3) is 0.545. The molecule has 2 N–H and O–H groups in total. The number of aromatic nitrogens is 4. The monoisotopic (exact) mass is 253 g/mol. The molecule has 0 fully saturated rings. The van der Waals surface area contributed by atoms with Crippen molar-refractivity contribution in [2.24, 2.45) is 0 Å². The lowest BCUT2D eigenvalue weighted by molar-refractivity contribution is 0.621. The van der Waals surface area contributed by atoms with Crippen LogP contribution in [0.4, 0.5) is 5.82 Å². The minimum Gasteiger partial charge on any atom is -0.367 e. The molecule has 2 aromatic heterocycles. The van der Waals surface area contributed by atoms with Gasteiger partial charge >= 0.3 is 0 Å². The summed E-state index contributed by atoms with van der Waals surface area (Å²) in [5.41, 5.74) is 0.666. The zero-order valence-corrected chi connectivity index (χ0v) is 10.8. The second-order valence-electron chi connectivity index (χ2n) is 4.01. The van der Waals surface area contributed by atoms with Gasteiger partial charge < -0.3 is 5.32 Å². The number of hydrogen-bond acceptors (Lipinski definition) is 4. The van der Waals surface area contributed by atoms with Crippen molar-refractivity contribution in [1.82, 2.24) is 20.2 Å². The van der Waals surface area contributed by atoms with Gasteiger partial charge in [-0.15, -0.1) is 0 Å². The smallest absolute Gasteiger partial charge is 0.226 e. The molecule has 5 nitrogen and oxygen atoms in total. The summed E-state index contributed by atoms with van der Waals surface area (Å²) in [6.45, 7) is 4.33. The number of rotatable bonds is 5. The number of nitrogens with zero attached hydrogens (tertiary/aromatic N) is 3. The summed E-state index contributed by atoms with van der Waals surface area (Å²) in [6, 6.07) is 0.407. The summed E-state index contributed by atoms with van der Waals surface area (Å²) in [7, 11) is 0. The van der Waals surface area contributed by atoms with Crippen LogP contribution in [0.2, 0.25) is 5.28 Å². The molecule has 0 aliphatic carbocycles. The van der Waals surface area contributed by atoms with Gasteiger partial charge in [-0.1, -0.05) is 20.3 Å². The number of halogens is 1. The number of aromatic amines is 1. The Kier molecular flexibility index (Phi) is 3.78. The van der Waals surface area contributed by atoms with Gasteiger partial charge in [-0.25, -0.2) is 0 Å². The van der Waals surface area contributed by atoms with E-state index in [1.54, 1.807) is 6.20 Å². The predicted molar refractivity (Wildman–Crippen MR) is 69.3 cm³/mol. The summed E-state index contributed by atoms with van der Waals surface area (Å²) < 4.78 is 0. The molecule has 1 unspecified atom stereocenters. The summed E-state index contributed by atoms with van der Waals surface area (Å²) in [6.07, 6.45) is 5.01. The lowest BCUT2D eigenvalue weighted by Crippen LogP contribution is -2.19. The average Bonchev–Trinajstić information content (AvgIpc) is 2.76. The van der Waals surface area contributed by atoms with Crippen LogP contribution in [0, 0.1) is 0 Å². The normalized spacial score (nSPS) is 12.9. The Morgan fingerprint density at radius 1 is 1.41 bits per heavy atom. The first-order chi connectivity index (χ1) is 8.24. The van der Waals surface area contributed by atoms with E-state index in [-0.39, 0.29) is 5.28 Å². The highest BCUT2D eigenvalue weighted by molar-refractivity contribution is 6.28. The van der Waals surface area contributed by atoms with E-state index >= 15 is 0 Å². The highest BCUT2D eigenvalue weighted by Gasteiger charge is 2.12. The van der Waals surface area contributed by atoms with Crippen molar-refractivity contribution < 1.29 is 0 Å². The first-order valence-electron chi connectivity index (χ1n) is 5.87. The average molecular weight is 254 g/mol. The van der Waals surface area contributed by atoms with Gasteiger partial charge in [0.15, 0.2) is 5.65 Å². The molecule has 0 aromatic carbocycles. The second-order valence-corrected chi connectivity index (χ2v) is 4.35. The third-order valence-corrected chi connectivity index (χ3v) is 2.92. The first-order valence-corrected chi connectivity index (χ1v) is 6.25. The van der Waals surface area contributed by atoms with Crippen molar-refractivity contribution in [2.45, 2.75) is 39.2 Å². The molecular weight excluding hydrogens is 238 g/mol. The van der Waals surface area contributed by atoms with Gasteiger partial charge in [-0.2, -0.15) is 15.1 Å². The number of H-pyrrole nitrogens is 1. The van der Waals surface area contributed by atoms with Crippen LogP contribution in [0.1, 0.15) is 33.1 Å². The zero-order valence-electron chi connectivity index (χ0n) is 10.00. The lowest BCUT2D eigenvalue weighted by Gasteiger charge is -2.16.